The standard InChI is InChI=1S/C43H84O2/c1-4-5-6-7-8-9-10-11-12-13-14-15-19-22-25-28-31-34-37-40-43(44)45-41-38-35-32-29-26-23-20-17-16-18-21-24-27-30-33-36-39-42(2)3/h11-12,42H,4-10,13-41H2,1-3H3. The summed E-state index contributed by atoms with van der Waals surface area (Å²) in [5.74, 6) is 0.904. The Labute approximate surface area is 285 Å². The van der Waals surface area contributed by atoms with Crippen LogP contribution >= 0.6 is 0 Å². The number of carbonyl (C=O) groups is 1. The average Bonchev–Trinajstić information content (AvgIpc) is 3.03. The first-order chi connectivity index (χ1) is 22.2. The number of esters is 1. The van der Waals surface area contributed by atoms with Crippen molar-refractivity contribution in [1.82, 2.24) is 0 Å². The monoisotopic (exact) mass is 633 g/mol. The Bertz CT molecular complexity index is 580. The smallest absolute Gasteiger partial charge is 0.305 e. The van der Waals surface area contributed by atoms with E-state index in [4.69, 9.17) is 4.74 Å². The third kappa shape index (κ3) is 41.2. The largest absolute Gasteiger partial charge is 0.466 e. The molecule has 0 aromatic carbocycles. The molecule has 0 atom stereocenters. The number of hydrogen-bond acceptors (Lipinski definition) is 2. The van der Waals surface area contributed by atoms with Gasteiger partial charge in [-0.05, 0) is 44.4 Å². The van der Waals surface area contributed by atoms with E-state index in [1.54, 1.807) is 0 Å². The first-order valence-electron chi connectivity index (χ1n) is 21.0. The Morgan fingerprint density at radius 1 is 0.444 bits per heavy atom. The summed E-state index contributed by atoms with van der Waals surface area (Å²) in [6.07, 6.45) is 51.5. The van der Waals surface area contributed by atoms with Gasteiger partial charge in [0.15, 0.2) is 0 Å². The zero-order chi connectivity index (χ0) is 32.7. The summed E-state index contributed by atoms with van der Waals surface area (Å²) in [5.41, 5.74) is 0. The van der Waals surface area contributed by atoms with Crippen molar-refractivity contribution >= 4 is 5.97 Å². The lowest BCUT2D eigenvalue weighted by molar-refractivity contribution is -0.143. The molecule has 0 radical (unpaired) electrons. The molecule has 0 aromatic heterocycles. The van der Waals surface area contributed by atoms with Gasteiger partial charge in [0, 0.05) is 6.42 Å². The molecule has 0 bridgehead atoms. The van der Waals surface area contributed by atoms with Gasteiger partial charge in [-0.15, -0.1) is 0 Å². The van der Waals surface area contributed by atoms with Crippen LogP contribution in [0.3, 0.4) is 0 Å². The van der Waals surface area contributed by atoms with Gasteiger partial charge < -0.3 is 4.74 Å². The van der Waals surface area contributed by atoms with Gasteiger partial charge in [-0.2, -0.15) is 0 Å². The van der Waals surface area contributed by atoms with E-state index in [1.807, 2.05) is 0 Å². The van der Waals surface area contributed by atoms with Gasteiger partial charge in [0.1, 0.15) is 0 Å². The molecule has 0 rings (SSSR count). The number of hydrogen-bond donors (Lipinski definition) is 0. The lowest BCUT2D eigenvalue weighted by Crippen LogP contribution is -2.05. The Morgan fingerprint density at radius 2 is 0.778 bits per heavy atom. The number of unbranched alkanes of at least 4 members (excludes halogenated alkanes) is 30. The van der Waals surface area contributed by atoms with Crippen LogP contribution in [0.4, 0.5) is 0 Å². The quantitative estimate of drug-likeness (QED) is 0.0384. The van der Waals surface area contributed by atoms with Gasteiger partial charge in [0.25, 0.3) is 0 Å². The lowest BCUT2D eigenvalue weighted by Gasteiger charge is -2.06. The number of carbonyl (C=O) groups excluding carboxylic acids is 1. The van der Waals surface area contributed by atoms with E-state index in [9.17, 15) is 4.79 Å². The highest BCUT2D eigenvalue weighted by molar-refractivity contribution is 5.69. The normalized spacial score (nSPS) is 11.7. The van der Waals surface area contributed by atoms with Crippen LogP contribution < -0.4 is 0 Å². The molecule has 0 saturated heterocycles. The van der Waals surface area contributed by atoms with Gasteiger partial charge in [-0.3, -0.25) is 4.79 Å². The minimum Gasteiger partial charge on any atom is -0.466 e. The van der Waals surface area contributed by atoms with E-state index in [0.29, 0.717) is 13.0 Å². The van der Waals surface area contributed by atoms with Gasteiger partial charge in [0.2, 0.25) is 0 Å². The molecule has 0 aliphatic heterocycles. The maximum atomic E-state index is 12.0. The molecule has 0 saturated carbocycles. The van der Waals surface area contributed by atoms with Crippen LogP contribution in [0, 0.1) is 5.92 Å². The summed E-state index contributed by atoms with van der Waals surface area (Å²) in [6.45, 7) is 7.59. The van der Waals surface area contributed by atoms with Gasteiger partial charge in [0.05, 0.1) is 6.61 Å². The van der Waals surface area contributed by atoms with Crippen LogP contribution in [0.15, 0.2) is 12.2 Å². The Balaban J connectivity index is 3.18. The Morgan fingerprint density at radius 3 is 1.18 bits per heavy atom. The molecule has 0 aliphatic carbocycles. The molecule has 0 aliphatic rings. The number of rotatable bonds is 38. The second-order valence-electron chi connectivity index (χ2n) is 14.8. The van der Waals surface area contributed by atoms with Crippen LogP contribution in [0.5, 0.6) is 0 Å². The maximum Gasteiger partial charge on any atom is 0.305 e. The van der Waals surface area contributed by atoms with E-state index in [2.05, 4.69) is 32.9 Å². The zero-order valence-electron chi connectivity index (χ0n) is 31.5. The van der Waals surface area contributed by atoms with Crippen molar-refractivity contribution in [2.45, 2.75) is 245 Å². The summed E-state index contributed by atoms with van der Waals surface area (Å²) in [4.78, 5) is 12.0. The van der Waals surface area contributed by atoms with Crippen LogP contribution in [0.1, 0.15) is 245 Å². The summed E-state index contributed by atoms with van der Waals surface area (Å²) in [6, 6.07) is 0. The van der Waals surface area contributed by atoms with Crippen molar-refractivity contribution in [3.63, 3.8) is 0 Å². The summed E-state index contributed by atoms with van der Waals surface area (Å²) in [7, 11) is 0. The fourth-order valence-electron chi connectivity index (χ4n) is 6.43. The van der Waals surface area contributed by atoms with E-state index in [0.717, 1.165) is 18.8 Å². The number of ether oxygens (including phenoxy) is 1. The third-order valence-corrected chi connectivity index (χ3v) is 9.58. The lowest BCUT2D eigenvalue weighted by atomic mass is 10.0. The van der Waals surface area contributed by atoms with Crippen LogP contribution in [-0.4, -0.2) is 12.6 Å². The first kappa shape index (κ1) is 44.2. The highest BCUT2D eigenvalue weighted by atomic mass is 16.5. The molecular formula is C43H84O2. The van der Waals surface area contributed by atoms with Crippen molar-refractivity contribution in [2.75, 3.05) is 6.61 Å². The molecule has 0 amide bonds. The van der Waals surface area contributed by atoms with E-state index in [-0.39, 0.29) is 5.97 Å². The van der Waals surface area contributed by atoms with Crippen molar-refractivity contribution in [3.05, 3.63) is 12.2 Å². The molecule has 2 heteroatoms. The Kier molecular flexibility index (Phi) is 38.7. The minimum atomic E-state index is 0.0256. The van der Waals surface area contributed by atoms with E-state index >= 15 is 0 Å². The van der Waals surface area contributed by atoms with Crippen molar-refractivity contribution in [1.29, 1.82) is 0 Å². The average molecular weight is 633 g/mol. The second kappa shape index (κ2) is 39.4. The molecule has 0 fully saturated rings. The molecule has 45 heavy (non-hydrogen) atoms. The molecule has 0 aromatic rings. The highest BCUT2D eigenvalue weighted by Crippen LogP contribution is 2.16. The van der Waals surface area contributed by atoms with Gasteiger partial charge in [-0.25, -0.2) is 0 Å². The van der Waals surface area contributed by atoms with Crippen molar-refractivity contribution < 1.29 is 9.53 Å². The minimum absolute atomic E-state index is 0.0256. The molecule has 0 spiro atoms. The van der Waals surface area contributed by atoms with Crippen molar-refractivity contribution in [3.8, 4) is 0 Å². The third-order valence-electron chi connectivity index (χ3n) is 9.58. The van der Waals surface area contributed by atoms with Gasteiger partial charge >= 0.3 is 5.97 Å². The Hall–Kier alpha value is -0.790. The predicted molar refractivity (Wildman–Crippen MR) is 202 cm³/mol. The molecule has 268 valence electrons. The number of allylic oxidation sites excluding steroid dienone is 2. The second-order valence-corrected chi connectivity index (χ2v) is 14.8. The molecule has 0 unspecified atom stereocenters. The van der Waals surface area contributed by atoms with Crippen LogP contribution in [0.2, 0.25) is 0 Å². The molecule has 2 nitrogen and oxygen atoms in total. The molecule has 0 N–H and O–H groups in total. The van der Waals surface area contributed by atoms with E-state index in [1.165, 1.54) is 205 Å². The topological polar surface area (TPSA) is 26.3 Å². The SMILES string of the molecule is CCCCCCCCC=CCCCCCCCCCCCC(=O)OCCCCCCCCCCCCCCCCCCC(C)C. The summed E-state index contributed by atoms with van der Waals surface area (Å²) >= 11 is 0. The predicted octanol–water partition coefficient (Wildman–Crippen LogP) is 15.4. The fraction of sp³-hybridized carbons (Fsp3) is 0.930. The van der Waals surface area contributed by atoms with Gasteiger partial charge in [-0.1, -0.05) is 213 Å². The molecular weight excluding hydrogens is 548 g/mol. The molecule has 0 heterocycles. The van der Waals surface area contributed by atoms with Crippen LogP contribution in [0.25, 0.3) is 0 Å². The van der Waals surface area contributed by atoms with Crippen molar-refractivity contribution in [2.24, 2.45) is 5.92 Å². The first-order valence-corrected chi connectivity index (χ1v) is 21.0. The van der Waals surface area contributed by atoms with Crippen LogP contribution in [-0.2, 0) is 9.53 Å². The maximum absolute atomic E-state index is 12.0. The zero-order valence-corrected chi connectivity index (χ0v) is 31.5. The summed E-state index contributed by atoms with van der Waals surface area (Å²) < 4.78 is 5.47. The fourth-order valence-corrected chi connectivity index (χ4v) is 6.43. The van der Waals surface area contributed by atoms with E-state index < -0.39 is 0 Å². The summed E-state index contributed by atoms with van der Waals surface area (Å²) in [5, 5.41) is 0. The highest BCUT2D eigenvalue weighted by Gasteiger charge is 2.03.